The number of hydrogen-bond donors (Lipinski definition) is 1. The Morgan fingerprint density at radius 3 is 2.84 bits per heavy atom. The van der Waals surface area contributed by atoms with Crippen LogP contribution >= 0.6 is 0 Å². The van der Waals surface area contributed by atoms with Crippen molar-refractivity contribution < 1.29 is 5.11 Å². The Bertz CT molecular complexity index is 727. The van der Waals surface area contributed by atoms with Crippen LogP contribution in [0, 0.1) is 0 Å². The molecular weight excluding hydrogens is 316 g/mol. The maximum atomic E-state index is 10.1. The van der Waals surface area contributed by atoms with Crippen molar-refractivity contribution in [2.45, 2.75) is 31.7 Å². The highest BCUT2D eigenvalue weighted by molar-refractivity contribution is 5.53. The molecule has 0 amide bonds. The van der Waals surface area contributed by atoms with E-state index >= 15 is 0 Å². The first kappa shape index (κ1) is 16.2. The van der Waals surface area contributed by atoms with E-state index in [4.69, 9.17) is 0 Å². The van der Waals surface area contributed by atoms with Crippen LogP contribution in [0.1, 0.15) is 17.7 Å². The monoisotopic (exact) mass is 340 g/mol. The quantitative estimate of drug-likeness (QED) is 0.886. The smallest absolute Gasteiger partial charge is 0.134 e. The number of likely N-dealkylation sites (N-methyl/N-ethyl adjacent to an activating group) is 1. The molecule has 1 fully saturated rings. The van der Waals surface area contributed by atoms with Gasteiger partial charge in [0.05, 0.1) is 18.3 Å². The normalized spacial score (nSPS) is 22.7. The van der Waals surface area contributed by atoms with Gasteiger partial charge in [-0.05, 0) is 32.1 Å². The van der Waals surface area contributed by atoms with Crippen molar-refractivity contribution in [1.29, 1.82) is 0 Å². The topological polar surface area (TPSA) is 68.6 Å². The van der Waals surface area contributed by atoms with Gasteiger partial charge in [-0.1, -0.05) is 6.07 Å². The molecule has 0 saturated carbocycles. The van der Waals surface area contributed by atoms with Crippen LogP contribution in [0.5, 0.6) is 0 Å². The van der Waals surface area contributed by atoms with Crippen LogP contribution in [0.3, 0.4) is 0 Å². The van der Waals surface area contributed by atoms with E-state index < -0.39 is 0 Å². The molecule has 1 N–H and O–H groups in total. The summed E-state index contributed by atoms with van der Waals surface area (Å²) in [5.41, 5.74) is 2.37. The molecule has 25 heavy (non-hydrogen) atoms. The zero-order valence-corrected chi connectivity index (χ0v) is 14.7. The summed E-state index contributed by atoms with van der Waals surface area (Å²) in [6.45, 7) is 3.12. The summed E-state index contributed by atoms with van der Waals surface area (Å²) in [5.74, 6) is 1.80. The van der Waals surface area contributed by atoms with Crippen molar-refractivity contribution in [3.8, 4) is 0 Å². The lowest BCUT2D eigenvalue weighted by Crippen LogP contribution is -2.38. The first-order valence-corrected chi connectivity index (χ1v) is 8.69. The van der Waals surface area contributed by atoms with E-state index in [1.807, 2.05) is 18.3 Å². The summed E-state index contributed by atoms with van der Waals surface area (Å²) in [5, 5.41) is 10.1. The molecule has 4 heterocycles. The summed E-state index contributed by atoms with van der Waals surface area (Å²) in [7, 11) is 4.12. The van der Waals surface area contributed by atoms with Crippen molar-refractivity contribution in [3.05, 3.63) is 42.0 Å². The molecule has 0 spiro atoms. The fourth-order valence-corrected chi connectivity index (χ4v) is 3.80. The largest absolute Gasteiger partial charge is 0.391 e. The number of aliphatic hydroxyl groups excluding tert-OH is 1. The van der Waals surface area contributed by atoms with E-state index in [-0.39, 0.29) is 12.1 Å². The van der Waals surface area contributed by atoms with Crippen molar-refractivity contribution in [2.75, 3.05) is 37.0 Å². The van der Waals surface area contributed by atoms with Crippen LogP contribution in [0.4, 0.5) is 11.6 Å². The van der Waals surface area contributed by atoms with Crippen LogP contribution in [0.25, 0.3) is 0 Å². The molecule has 1 saturated heterocycles. The third-order valence-corrected chi connectivity index (χ3v) is 4.91. The predicted octanol–water partition coefficient (Wildman–Crippen LogP) is 0.893. The highest BCUT2D eigenvalue weighted by Gasteiger charge is 2.32. The Morgan fingerprint density at radius 1 is 1.20 bits per heavy atom. The van der Waals surface area contributed by atoms with E-state index in [0.29, 0.717) is 6.54 Å². The van der Waals surface area contributed by atoms with Crippen LogP contribution in [0.2, 0.25) is 0 Å². The Hall–Kier alpha value is -2.25. The second-order valence-electron chi connectivity index (χ2n) is 7.16. The number of aliphatic hydroxyl groups is 1. The molecule has 7 nitrogen and oxygen atoms in total. The summed E-state index contributed by atoms with van der Waals surface area (Å²) in [6, 6.07) is 6.40. The molecule has 0 aliphatic carbocycles. The lowest BCUT2D eigenvalue weighted by atomic mass is 10.2. The highest BCUT2D eigenvalue weighted by Crippen LogP contribution is 2.30. The molecule has 7 heteroatoms. The maximum Gasteiger partial charge on any atom is 0.134 e. The minimum Gasteiger partial charge on any atom is -0.391 e. The second kappa shape index (κ2) is 6.57. The van der Waals surface area contributed by atoms with Crippen LogP contribution in [-0.2, 0) is 13.1 Å². The van der Waals surface area contributed by atoms with Crippen molar-refractivity contribution in [2.24, 2.45) is 0 Å². The number of aromatic nitrogens is 3. The molecule has 4 rings (SSSR count). The standard InChI is InChI=1S/C18H24N6O/c1-22(2)9-14-6-15(25)10-24(14)18-7-17(20-12-21-18)23-8-13-4-3-5-19-16(13)11-23/h3-5,7,12,14-15,25H,6,8-11H2,1-2H3/t14-,15-/m1/s1. The summed E-state index contributed by atoms with van der Waals surface area (Å²) < 4.78 is 0. The van der Waals surface area contributed by atoms with Crippen molar-refractivity contribution in [1.82, 2.24) is 19.9 Å². The van der Waals surface area contributed by atoms with Gasteiger partial charge in [-0.15, -0.1) is 0 Å². The van der Waals surface area contributed by atoms with Gasteiger partial charge in [-0.25, -0.2) is 9.97 Å². The lowest BCUT2D eigenvalue weighted by Gasteiger charge is -2.28. The van der Waals surface area contributed by atoms with Gasteiger partial charge in [-0.3, -0.25) is 4.98 Å². The summed E-state index contributed by atoms with van der Waals surface area (Å²) >= 11 is 0. The van der Waals surface area contributed by atoms with Gasteiger partial charge in [-0.2, -0.15) is 0 Å². The molecule has 0 radical (unpaired) electrons. The molecule has 0 bridgehead atoms. The van der Waals surface area contributed by atoms with E-state index in [1.54, 1.807) is 6.33 Å². The van der Waals surface area contributed by atoms with E-state index in [0.717, 1.165) is 43.4 Å². The second-order valence-corrected chi connectivity index (χ2v) is 7.16. The Kier molecular flexibility index (Phi) is 4.27. The van der Waals surface area contributed by atoms with Gasteiger partial charge in [0.25, 0.3) is 0 Å². The molecule has 2 atom stereocenters. The first-order chi connectivity index (χ1) is 12.1. The number of nitrogens with zero attached hydrogens (tertiary/aromatic N) is 6. The fraction of sp³-hybridized carbons (Fsp3) is 0.500. The van der Waals surface area contributed by atoms with E-state index in [2.05, 4.69) is 49.8 Å². The number of fused-ring (bicyclic) bond motifs is 1. The van der Waals surface area contributed by atoms with Crippen molar-refractivity contribution >= 4 is 11.6 Å². The van der Waals surface area contributed by atoms with Gasteiger partial charge in [0.2, 0.25) is 0 Å². The van der Waals surface area contributed by atoms with Crippen LogP contribution < -0.4 is 9.80 Å². The molecule has 2 aliphatic heterocycles. The Morgan fingerprint density at radius 2 is 2.04 bits per heavy atom. The van der Waals surface area contributed by atoms with Gasteiger partial charge in [0, 0.05) is 37.9 Å². The Balaban J connectivity index is 1.56. The Labute approximate surface area is 147 Å². The zero-order chi connectivity index (χ0) is 17.4. The minimum atomic E-state index is -0.302. The number of hydrogen-bond acceptors (Lipinski definition) is 7. The summed E-state index contributed by atoms with van der Waals surface area (Å²) in [6.07, 6.45) is 3.93. The number of pyridine rings is 1. The maximum absolute atomic E-state index is 10.1. The molecule has 2 aromatic heterocycles. The molecule has 0 unspecified atom stereocenters. The average molecular weight is 340 g/mol. The van der Waals surface area contributed by atoms with Crippen molar-refractivity contribution in [3.63, 3.8) is 0 Å². The number of β-amino-alcohol motifs (C(OH)–C–C–N with tert-alkyl or cyclic N) is 1. The minimum absolute atomic E-state index is 0.269. The highest BCUT2D eigenvalue weighted by atomic mass is 16.3. The SMILES string of the molecule is CN(C)C[C@H]1C[C@@H](O)CN1c1cc(N2Cc3cccnc3C2)ncn1. The average Bonchev–Trinajstić information content (AvgIpc) is 3.18. The third-order valence-electron chi connectivity index (χ3n) is 4.91. The summed E-state index contributed by atoms with van der Waals surface area (Å²) in [4.78, 5) is 20.0. The molecule has 2 aromatic rings. The van der Waals surface area contributed by atoms with Crippen LogP contribution in [-0.4, -0.2) is 64.3 Å². The number of anilines is 2. The van der Waals surface area contributed by atoms with Gasteiger partial charge in [0.1, 0.15) is 18.0 Å². The molecule has 0 aromatic carbocycles. The molecule has 2 aliphatic rings. The van der Waals surface area contributed by atoms with Gasteiger partial charge < -0.3 is 19.8 Å². The number of rotatable bonds is 4. The zero-order valence-electron chi connectivity index (χ0n) is 14.7. The third kappa shape index (κ3) is 3.29. The first-order valence-electron chi connectivity index (χ1n) is 8.69. The van der Waals surface area contributed by atoms with Gasteiger partial charge >= 0.3 is 0 Å². The lowest BCUT2D eigenvalue weighted by molar-refractivity contribution is 0.191. The fourth-order valence-electron chi connectivity index (χ4n) is 3.80. The van der Waals surface area contributed by atoms with E-state index in [9.17, 15) is 5.11 Å². The molecular formula is C18H24N6O. The van der Waals surface area contributed by atoms with E-state index in [1.165, 1.54) is 5.56 Å². The van der Waals surface area contributed by atoms with Gasteiger partial charge in [0.15, 0.2) is 0 Å². The van der Waals surface area contributed by atoms with Crippen LogP contribution in [0.15, 0.2) is 30.7 Å². The molecule has 132 valence electrons. The predicted molar refractivity (Wildman–Crippen MR) is 96.5 cm³/mol.